The molecule has 0 aliphatic carbocycles. The molecule has 0 aliphatic rings. The number of para-hydroxylation sites is 2. The van der Waals surface area contributed by atoms with Gasteiger partial charge in [-0.15, -0.1) is 18.2 Å². The average Bonchev–Trinajstić information content (AvgIpc) is 3.57. The first kappa shape index (κ1) is 29.6. The van der Waals surface area contributed by atoms with Crippen molar-refractivity contribution >= 4 is 28.6 Å². The molecule has 0 atom stereocenters. The number of oxazole rings is 1. The minimum absolute atomic E-state index is 0. The topological polar surface area (TPSA) is 54.6 Å². The number of rotatable bonds is 8. The van der Waals surface area contributed by atoms with Crippen LogP contribution in [0.1, 0.15) is 0 Å². The second kappa shape index (κ2) is 12.9. The summed E-state index contributed by atoms with van der Waals surface area (Å²) in [6, 6.07) is 33.7. The van der Waals surface area contributed by atoms with Gasteiger partial charge in [-0.25, -0.2) is 9.37 Å². The van der Waals surface area contributed by atoms with Crippen molar-refractivity contribution in [2.45, 2.75) is 0 Å². The molecule has 0 saturated heterocycles. The Morgan fingerprint density at radius 2 is 1.40 bits per heavy atom. The Kier molecular flexibility index (Phi) is 8.91. The molecule has 10 heteroatoms. The normalized spacial score (nSPS) is 10.6. The van der Waals surface area contributed by atoms with Crippen LogP contribution in [0.2, 0.25) is 0 Å². The fourth-order valence-corrected chi connectivity index (χ4v) is 4.36. The summed E-state index contributed by atoms with van der Waals surface area (Å²) in [4.78, 5) is 12.0. The van der Waals surface area contributed by atoms with Crippen LogP contribution in [-0.2, 0) is 20.4 Å². The van der Waals surface area contributed by atoms with Crippen LogP contribution in [0.3, 0.4) is 0 Å². The molecule has 0 fully saturated rings. The Bertz CT molecular complexity index is 1770. The second-order valence-electron chi connectivity index (χ2n) is 9.05. The molecular weight excluding hydrogens is 648 g/mol. The molecule has 2 aromatic heterocycles. The van der Waals surface area contributed by atoms with Gasteiger partial charge in [0.25, 0.3) is 0 Å². The van der Waals surface area contributed by atoms with Gasteiger partial charge in [-0.05, 0) is 42.0 Å². The molecule has 0 radical (unpaired) electrons. The van der Waals surface area contributed by atoms with E-state index < -0.39 is 28.8 Å². The van der Waals surface area contributed by atoms with Gasteiger partial charge < -0.3 is 19.0 Å². The van der Waals surface area contributed by atoms with Crippen molar-refractivity contribution < 1.29 is 42.7 Å². The summed E-state index contributed by atoms with van der Waals surface area (Å²) in [7, 11) is 1.79. The zero-order chi connectivity index (χ0) is 29.1. The molecule has 0 saturated carbocycles. The van der Waals surface area contributed by atoms with E-state index in [4.69, 9.17) is 9.15 Å². The Hall–Kier alpha value is -4.91. The summed E-state index contributed by atoms with van der Waals surface area (Å²) >= 11 is 0. The smallest absolute Gasteiger partial charge is 0.500 e. The summed E-state index contributed by atoms with van der Waals surface area (Å²) in [5.41, 5.74) is 2.29. The maximum Gasteiger partial charge on any atom is 2.00 e. The zero-order valence-electron chi connectivity index (χ0n) is 22.4. The van der Waals surface area contributed by atoms with E-state index in [9.17, 15) is 8.78 Å². The first-order valence-electron chi connectivity index (χ1n) is 12.8. The largest absolute Gasteiger partial charge is 2.00 e. The van der Waals surface area contributed by atoms with Crippen LogP contribution in [0.5, 0.6) is 11.5 Å². The summed E-state index contributed by atoms with van der Waals surface area (Å²) < 4.78 is 55.2. The van der Waals surface area contributed by atoms with Crippen LogP contribution in [0.4, 0.5) is 41.7 Å². The minimum Gasteiger partial charge on any atom is -0.500 e. The van der Waals surface area contributed by atoms with Gasteiger partial charge in [-0.3, -0.25) is 13.8 Å². The quantitative estimate of drug-likeness (QED) is 0.0919. The predicted molar refractivity (Wildman–Crippen MR) is 153 cm³/mol. The molecule has 4 aromatic carbocycles. The molecule has 216 valence electrons. The molecule has 0 spiro atoms. The number of hydrogen-bond donors (Lipinski definition) is 0. The number of nitrogens with zero attached hydrogens (tertiary/aromatic N) is 4. The van der Waals surface area contributed by atoms with Gasteiger partial charge in [0.2, 0.25) is 0 Å². The Morgan fingerprint density at radius 3 is 2.00 bits per heavy atom. The van der Waals surface area contributed by atoms with E-state index in [1.54, 1.807) is 30.3 Å². The molecule has 43 heavy (non-hydrogen) atoms. The molecule has 6 nitrogen and oxygen atoms in total. The van der Waals surface area contributed by atoms with Crippen molar-refractivity contribution in [1.29, 1.82) is 0 Å². The second-order valence-corrected chi connectivity index (χ2v) is 9.05. The number of anilines is 5. The summed E-state index contributed by atoms with van der Waals surface area (Å²) in [5.74, 6) is -5.12. The molecule has 6 rings (SSSR count). The van der Waals surface area contributed by atoms with E-state index in [2.05, 4.69) is 22.1 Å². The number of benzene rings is 4. The summed E-state index contributed by atoms with van der Waals surface area (Å²) in [6.45, 7) is 0. The van der Waals surface area contributed by atoms with Crippen molar-refractivity contribution in [2.75, 3.05) is 16.8 Å². The Morgan fingerprint density at radius 1 is 0.721 bits per heavy atom. The summed E-state index contributed by atoms with van der Waals surface area (Å²) in [6.07, 6.45) is 4.09. The van der Waals surface area contributed by atoms with Crippen molar-refractivity contribution in [3.8, 4) is 23.0 Å². The SMILES string of the molecule is CN(c1[c-]c(Oc2[c-]c(-c3ncco3)c(F)c(F)c2F)cc(N(c2ccccc2)c2ccccc2)c1)c1ccccn1.[Pd+2]. The van der Waals surface area contributed by atoms with Crippen LogP contribution in [0.25, 0.3) is 11.5 Å². The van der Waals surface area contributed by atoms with Crippen LogP contribution < -0.4 is 14.5 Å². The fourth-order valence-electron chi connectivity index (χ4n) is 4.36. The van der Waals surface area contributed by atoms with Gasteiger partial charge in [0, 0.05) is 30.4 Å². The predicted octanol–water partition coefficient (Wildman–Crippen LogP) is 8.78. The first-order valence-corrected chi connectivity index (χ1v) is 12.8. The molecule has 2 heterocycles. The number of halogens is 3. The van der Waals surface area contributed by atoms with Gasteiger partial charge in [-0.2, -0.15) is 0 Å². The van der Waals surface area contributed by atoms with E-state index >= 15 is 4.39 Å². The van der Waals surface area contributed by atoms with Crippen LogP contribution in [0, 0.1) is 29.6 Å². The van der Waals surface area contributed by atoms with Crippen molar-refractivity contribution in [2.24, 2.45) is 0 Å². The van der Waals surface area contributed by atoms with Crippen LogP contribution >= 0.6 is 0 Å². The van der Waals surface area contributed by atoms with Crippen LogP contribution in [0.15, 0.2) is 114 Å². The number of pyridine rings is 1. The van der Waals surface area contributed by atoms with Gasteiger partial charge >= 0.3 is 20.4 Å². The third-order valence-corrected chi connectivity index (χ3v) is 6.36. The molecule has 0 bridgehead atoms. The van der Waals surface area contributed by atoms with Gasteiger partial charge in [0.15, 0.2) is 0 Å². The summed E-state index contributed by atoms with van der Waals surface area (Å²) in [5, 5.41) is 0. The Labute approximate surface area is 259 Å². The van der Waals surface area contributed by atoms with Crippen molar-refractivity contribution in [3.05, 3.63) is 139 Å². The molecule has 0 unspecified atom stereocenters. The third kappa shape index (κ3) is 6.16. The van der Waals surface area contributed by atoms with Gasteiger partial charge in [0.05, 0.1) is 24.0 Å². The molecule has 0 N–H and O–H groups in total. The molecule has 0 amide bonds. The van der Waals surface area contributed by atoms with E-state index in [1.807, 2.05) is 83.8 Å². The van der Waals surface area contributed by atoms with E-state index in [0.29, 0.717) is 17.2 Å². The Balaban J connectivity index is 0.00000368. The maximum absolute atomic E-state index is 15.0. The minimum atomic E-state index is -1.74. The zero-order valence-corrected chi connectivity index (χ0v) is 24.0. The van der Waals surface area contributed by atoms with E-state index in [0.717, 1.165) is 11.4 Å². The van der Waals surface area contributed by atoms with Crippen LogP contribution in [-0.4, -0.2) is 17.0 Å². The molecule has 6 aromatic rings. The number of ether oxygens (including phenoxy) is 1. The molecular formula is C33H21F3N4O2Pd. The van der Waals surface area contributed by atoms with E-state index in [-0.39, 0.29) is 32.1 Å². The average molecular weight is 669 g/mol. The first-order chi connectivity index (χ1) is 20.5. The van der Waals surface area contributed by atoms with Crippen molar-refractivity contribution in [1.82, 2.24) is 9.97 Å². The number of aromatic nitrogens is 2. The third-order valence-electron chi connectivity index (χ3n) is 6.36. The van der Waals surface area contributed by atoms with Gasteiger partial charge in [0.1, 0.15) is 23.3 Å². The van der Waals surface area contributed by atoms with E-state index in [1.165, 1.54) is 12.5 Å². The number of hydrogen-bond acceptors (Lipinski definition) is 6. The standard InChI is InChI=1S/C33H21F3N4O2.Pd/c1-39(29-14-8-9-15-37-29)24-18-25(40(22-10-4-2-5-11-22)23-12-6-3-7-13-23)20-26(19-24)42-28-21-27(33-38-16-17-41-33)30(34)32(36)31(28)35;/h2-18,20H,1H3;/q-2;+2. The maximum atomic E-state index is 15.0. The molecule has 0 aliphatic heterocycles. The van der Waals surface area contributed by atoms with Gasteiger partial charge in [-0.1, -0.05) is 59.9 Å². The fraction of sp³-hybridized carbons (Fsp3) is 0.0303. The van der Waals surface area contributed by atoms with Crippen molar-refractivity contribution in [3.63, 3.8) is 0 Å². The monoisotopic (exact) mass is 668 g/mol.